The summed E-state index contributed by atoms with van der Waals surface area (Å²) in [6.07, 6.45) is 6.78. The molecular formula is C32H42N2O3. The van der Waals surface area contributed by atoms with Gasteiger partial charge in [-0.2, -0.15) is 0 Å². The second-order valence-electron chi connectivity index (χ2n) is 11.6. The molecule has 1 saturated carbocycles. The summed E-state index contributed by atoms with van der Waals surface area (Å²) in [5, 5.41) is 2.02. The third-order valence-corrected chi connectivity index (χ3v) is 7.45. The van der Waals surface area contributed by atoms with Crippen LogP contribution in [0.25, 0.3) is 10.8 Å². The highest BCUT2D eigenvalue weighted by Crippen LogP contribution is 2.39. The lowest BCUT2D eigenvalue weighted by Gasteiger charge is -2.34. The lowest BCUT2D eigenvalue weighted by Crippen LogP contribution is -2.39. The molecule has 0 bridgehead atoms. The van der Waals surface area contributed by atoms with Crippen LogP contribution < -0.4 is 14.4 Å². The van der Waals surface area contributed by atoms with E-state index in [1.165, 1.54) is 11.1 Å². The van der Waals surface area contributed by atoms with Crippen molar-refractivity contribution in [2.75, 3.05) is 25.2 Å². The number of nitrogens with zero attached hydrogens (tertiary/aromatic N) is 2. The summed E-state index contributed by atoms with van der Waals surface area (Å²) >= 11 is 0. The summed E-state index contributed by atoms with van der Waals surface area (Å²) in [5.74, 6) is 3.71. The van der Waals surface area contributed by atoms with Crippen molar-refractivity contribution in [2.45, 2.75) is 72.6 Å². The number of hydrogen-bond donors (Lipinski definition) is 0. The number of hydrogen-bond acceptors (Lipinski definition) is 4. The highest BCUT2D eigenvalue weighted by molar-refractivity contribution is 6.02. The number of aryl methyl sites for hydroxylation is 1. The number of amides is 1. The molecule has 37 heavy (non-hydrogen) atoms. The van der Waals surface area contributed by atoms with Crippen LogP contribution in [0, 0.1) is 18.3 Å². The van der Waals surface area contributed by atoms with Gasteiger partial charge in [0.1, 0.15) is 17.3 Å². The minimum Gasteiger partial charge on any atom is -0.497 e. The molecule has 198 valence electrons. The van der Waals surface area contributed by atoms with Gasteiger partial charge in [-0.3, -0.25) is 9.69 Å². The van der Waals surface area contributed by atoms with Gasteiger partial charge in [-0.05, 0) is 104 Å². The van der Waals surface area contributed by atoms with Gasteiger partial charge in [0.25, 0.3) is 0 Å². The van der Waals surface area contributed by atoms with Gasteiger partial charge in [0.15, 0.2) is 0 Å². The van der Waals surface area contributed by atoms with Crippen molar-refractivity contribution in [3.63, 3.8) is 0 Å². The lowest BCUT2D eigenvalue weighted by molar-refractivity contribution is -0.120. The van der Waals surface area contributed by atoms with Crippen LogP contribution in [-0.2, 0) is 4.79 Å². The smallest absolute Gasteiger partial charge is 0.228 e. The first-order chi connectivity index (χ1) is 17.7. The maximum Gasteiger partial charge on any atom is 0.228 e. The Balaban J connectivity index is 1.53. The molecule has 5 heteroatoms. The summed E-state index contributed by atoms with van der Waals surface area (Å²) in [5.41, 5.74) is 2.52. The normalized spacial score (nSPS) is 18.0. The largest absolute Gasteiger partial charge is 0.497 e. The first-order valence-corrected chi connectivity index (χ1v) is 13.6. The molecule has 1 fully saturated rings. The molecule has 0 unspecified atom stereocenters. The summed E-state index contributed by atoms with van der Waals surface area (Å²) in [6, 6.07) is 14.6. The molecule has 0 saturated heterocycles. The third kappa shape index (κ3) is 6.63. The highest BCUT2D eigenvalue weighted by atomic mass is 16.5. The number of pyridine rings is 1. The van der Waals surface area contributed by atoms with E-state index in [0.717, 1.165) is 53.8 Å². The van der Waals surface area contributed by atoms with E-state index in [1.54, 1.807) is 13.3 Å². The van der Waals surface area contributed by atoms with Crippen LogP contribution in [-0.4, -0.2) is 31.2 Å². The molecule has 2 aromatic carbocycles. The number of carbonyl (C=O) groups excluding carboxylic acids is 1. The minimum absolute atomic E-state index is 0.0910. The number of aromatic nitrogens is 1. The van der Waals surface area contributed by atoms with Gasteiger partial charge in [0, 0.05) is 24.5 Å². The number of fused-ring (bicyclic) bond motifs is 1. The van der Waals surface area contributed by atoms with E-state index in [9.17, 15) is 4.79 Å². The molecule has 1 aliphatic rings. The monoisotopic (exact) mass is 502 g/mol. The lowest BCUT2D eigenvalue weighted by atomic mass is 9.78. The average Bonchev–Trinajstić information content (AvgIpc) is 2.87. The number of methoxy groups -OCH3 is 1. The summed E-state index contributed by atoms with van der Waals surface area (Å²) in [6.45, 7) is 11.9. The van der Waals surface area contributed by atoms with Crippen molar-refractivity contribution >= 4 is 22.5 Å². The van der Waals surface area contributed by atoms with Crippen LogP contribution in [0.3, 0.4) is 0 Å². The van der Waals surface area contributed by atoms with Crippen LogP contribution in [0.2, 0.25) is 0 Å². The number of anilines is 1. The first kappa shape index (κ1) is 27.0. The Labute approximate surface area is 222 Å². The fourth-order valence-corrected chi connectivity index (χ4v) is 5.52. The molecular weight excluding hydrogens is 460 g/mol. The maximum absolute atomic E-state index is 13.7. The zero-order valence-electron chi connectivity index (χ0n) is 23.3. The van der Waals surface area contributed by atoms with Crippen molar-refractivity contribution in [3.8, 4) is 11.5 Å². The molecule has 0 atom stereocenters. The van der Waals surface area contributed by atoms with Gasteiger partial charge in [-0.15, -0.1) is 0 Å². The van der Waals surface area contributed by atoms with Gasteiger partial charge in [-0.25, -0.2) is 4.98 Å². The molecule has 0 N–H and O–H groups in total. The number of ether oxygens (including phenoxy) is 2. The summed E-state index contributed by atoms with van der Waals surface area (Å²) < 4.78 is 11.2. The molecule has 1 amide bonds. The van der Waals surface area contributed by atoms with Gasteiger partial charge in [-0.1, -0.05) is 32.9 Å². The first-order valence-electron chi connectivity index (χ1n) is 13.6. The molecule has 1 heterocycles. The quantitative estimate of drug-likeness (QED) is 0.317. The van der Waals surface area contributed by atoms with E-state index < -0.39 is 0 Å². The Hall–Kier alpha value is -3.08. The second-order valence-corrected chi connectivity index (χ2v) is 11.6. The van der Waals surface area contributed by atoms with Crippen molar-refractivity contribution in [2.24, 2.45) is 11.3 Å². The second kappa shape index (κ2) is 11.5. The number of carbonyl (C=O) groups is 1. The predicted molar refractivity (Wildman–Crippen MR) is 152 cm³/mol. The number of rotatable bonds is 8. The van der Waals surface area contributed by atoms with E-state index in [0.29, 0.717) is 31.4 Å². The fraction of sp³-hybridized carbons (Fsp3) is 0.500. The molecule has 0 spiro atoms. The van der Waals surface area contributed by atoms with Crippen LogP contribution in [0.1, 0.15) is 76.8 Å². The Kier molecular flexibility index (Phi) is 8.41. The van der Waals surface area contributed by atoms with Crippen molar-refractivity contribution in [1.82, 2.24) is 4.98 Å². The van der Waals surface area contributed by atoms with Crippen molar-refractivity contribution in [3.05, 3.63) is 59.8 Å². The molecule has 0 radical (unpaired) electrons. The molecule has 0 aliphatic heterocycles. The van der Waals surface area contributed by atoms with E-state index in [4.69, 9.17) is 14.5 Å². The third-order valence-electron chi connectivity index (χ3n) is 7.45. The van der Waals surface area contributed by atoms with Gasteiger partial charge < -0.3 is 9.47 Å². The van der Waals surface area contributed by atoms with E-state index >= 15 is 0 Å². The molecule has 1 aromatic heterocycles. The molecule has 5 nitrogen and oxygen atoms in total. The van der Waals surface area contributed by atoms with Crippen LogP contribution in [0.4, 0.5) is 5.82 Å². The van der Waals surface area contributed by atoms with E-state index in [1.807, 2.05) is 36.1 Å². The highest BCUT2D eigenvalue weighted by Gasteiger charge is 2.30. The zero-order chi connectivity index (χ0) is 26.6. The Morgan fingerprint density at radius 2 is 1.81 bits per heavy atom. The van der Waals surface area contributed by atoms with Gasteiger partial charge in [0.05, 0.1) is 13.7 Å². The number of benzene rings is 2. The van der Waals surface area contributed by atoms with Crippen molar-refractivity contribution < 1.29 is 14.3 Å². The molecule has 1 aliphatic carbocycles. The van der Waals surface area contributed by atoms with Crippen LogP contribution in [0.5, 0.6) is 11.5 Å². The summed E-state index contributed by atoms with van der Waals surface area (Å²) in [4.78, 5) is 20.3. The van der Waals surface area contributed by atoms with E-state index in [2.05, 4.69) is 45.9 Å². The average molecular weight is 503 g/mol. The SMILES string of the molecule is CCOc1ccc([C@H]2CC[C@H](CN(C(=O)CC(C)(C)C)c3nccc4cc(OC)ccc34)CC2)cc1C. The Morgan fingerprint density at radius 3 is 2.46 bits per heavy atom. The van der Waals surface area contributed by atoms with Crippen LogP contribution in [0.15, 0.2) is 48.7 Å². The Bertz CT molecular complexity index is 1220. The molecule has 3 aromatic rings. The van der Waals surface area contributed by atoms with Crippen LogP contribution >= 0.6 is 0 Å². The van der Waals surface area contributed by atoms with Gasteiger partial charge >= 0.3 is 0 Å². The van der Waals surface area contributed by atoms with Crippen molar-refractivity contribution in [1.29, 1.82) is 0 Å². The summed E-state index contributed by atoms with van der Waals surface area (Å²) in [7, 11) is 1.67. The van der Waals surface area contributed by atoms with E-state index in [-0.39, 0.29) is 11.3 Å². The minimum atomic E-state index is -0.0910. The standard InChI is InChI=1S/C32H42N2O3/c1-7-37-29-15-12-25(18-22(29)2)24-10-8-23(9-11-24)21-34(30(35)20-32(3,4)5)31-28-14-13-27(36-6)19-26(28)16-17-33-31/h12-19,23-24H,7-11,20-21H2,1-6H3/t23-,24-. The molecule has 4 rings (SSSR count). The fourth-order valence-electron chi connectivity index (χ4n) is 5.52. The predicted octanol–water partition coefficient (Wildman–Crippen LogP) is 7.69. The Morgan fingerprint density at radius 1 is 1.05 bits per heavy atom. The zero-order valence-corrected chi connectivity index (χ0v) is 23.3. The maximum atomic E-state index is 13.7. The topological polar surface area (TPSA) is 51.7 Å². The van der Waals surface area contributed by atoms with Gasteiger partial charge in [0.2, 0.25) is 5.91 Å².